The largest absolute Gasteiger partial charge is 0.336 e. The molecule has 1 aromatic rings. The zero-order valence-corrected chi connectivity index (χ0v) is 15.3. The highest BCUT2D eigenvalue weighted by atomic mass is 35.5. The quantitative estimate of drug-likeness (QED) is 0.821. The number of urea groups is 1. The molecule has 5 nitrogen and oxygen atoms in total. The van der Waals surface area contributed by atoms with Gasteiger partial charge < -0.3 is 15.5 Å². The van der Waals surface area contributed by atoms with E-state index in [0.29, 0.717) is 28.8 Å². The number of nitrogens with one attached hydrogen (secondary N) is 2. The minimum atomic E-state index is -0.192. The first-order valence-electron chi connectivity index (χ1n) is 8.25. The molecule has 7 heteroatoms. The predicted octanol–water partition coefficient (Wildman–Crippen LogP) is 3.98. The van der Waals surface area contributed by atoms with Gasteiger partial charge in [0.2, 0.25) is 5.91 Å². The topological polar surface area (TPSA) is 61.4 Å². The Morgan fingerprint density at radius 1 is 1.21 bits per heavy atom. The standard InChI is InChI=1S/C17H23Cl2N3O2/c1-12(23)22(15-9-5-8-14(18)16(15)19)11-10-20-17(24)21-13-6-3-2-4-7-13/h5,8-9,13H,2-4,6-7,10-11H2,1H3,(H2,20,21,24). The van der Waals surface area contributed by atoms with Crippen molar-refractivity contribution in [1.29, 1.82) is 0 Å². The molecule has 0 aliphatic heterocycles. The fourth-order valence-corrected chi connectivity index (χ4v) is 3.31. The third-order valence-corrected chi connectivity index (χ3v) is 4.97. The van der Waals surface area contributed by atoms with Gasteiger partial charge in [-0.2, -0.15) is 0 Å². The maximum Gasteiger partial charge on any atom is 0.315 e. The van der Waals surface area contributed by atoms with Crippen LogP contribution in [-0.4, -0.2) is 31.1 Å². The van der Waals surface area contributed by atoms with Crippen LogP contribution in [0, 0.1) is 0 Å². The number of nitrogens with zero attached hydrogens (tertiary/aromatic N) is 1. The van der Waals surface area contributed by atoms with Crippen molar-refractivity contribution in [2.75, 3.05) is 18.0 Å². The molecular formula is C17H23Cl2N3O2. The summed E-state index contributed by atoms with van der Waals surface area (Å²) in [5, 5.41) is 6.51. The number of halogens is 2. The third-order valence-electron chi connectivity index (χ3n) is 4.16. The Hall–Kier alpha value is -1.46. The fourth-order valence-electron chi connectivity index (χ4n) is 2.91. The van der Waals surface area contributed by atoms with E-state index in [-0.39, 0.29) is 18.0 Å². The second-order valence-corrected chi connectivity index (χ2v) is 6.76. The number of hydrogen-bond acceptors (Lipinski definition) is 2. The summed E-state index contributed by atoms with van der Waals surface area (Å²) in [6.07, 6.45) is 5.64. The van der Waals surface area contributed by atoms with Crippen molar-refractivity contribution in [3.05, 3.63) is 28.2 Å². The maximum atomic E-state index is 11.9. The summed E-state index contributed by atoms with van der Waals surface area (Å²) in [5.74, 6) is -0.159. The highest BCUT2D eigenvalue weighted by Crippen LogP contribution is 2.32. The minimum absolute atomic E-state index is 0.159. The lowest BCUT2D eigenvalue weighted by molar-refractivity contribution is -0.116. The van der Waals surface area contributed by atoms with Gasteiger partial charge in [0.05, 0.1) is 15.7 Å². The Morgan fingerprint density at radius 2 is 1.92 bits per heavy atom. The van der Waals surface area contributed by atoms with Crippen molar-refractivity contribution in [2.45, 2.75) is 45.1 Å². The second-order valence-electron chi connectivity index (χ2n) is 5.98. The molecule has 1 fully saturated rings. The van der Waals surface area contributed by atoms with Gasteiger partial charge in [-0.25, -0.2) is 4.79 Å². The van der Waals surface area contributed by atoms with E-state index in [1.165, 1.54) is 18.2 Å². The van der Waals surface area contributed by atoms with Gasteiger partial charge in [-0.1, -0.05) is 48.5 Å². The van der Waals surface area contributed by atoms with E-state index in [9.17, 15) is 9.59 Å². The second kappa shape index (κ2) is 9.14. The first-order chi connectivity index (χ1) is 11.5. The highest BCUT2D eigenvalue weighted by Gasteiger charge is 2.18. The molecule has 0 unspecified atom stereocenters. The highest BCUT2D eigenvalue weighted by molar-refractivity contribution is 6.44. The molecule has 2 rings (SSSR count). The number of benzene rings is 1. The van der Waals surface area contributed by atoms with Crippen LogP contribution >= 0.6 is 23.2 Å². The number of rotatable bonds is 5. The van der Waals surface area contributed by atoms with Gasteiger partial charge in [0.15, 0.2) is 0 Å². The Morgan fingerprint density at radius 3 is 2.58 bits per heavy atom. The molecular weight excluding hydrogens is 349 g/mol. The third kappa shape index (κ3) is 5.28. The van der Waals surface area contributed by atoms with E-state index in [1.807, 2.05) is 0 Å². The van der Waals surface area contributed by atoms with Crippen molar-refractivity contribution in [1.82, 2.24) is 10.6 Å². The van der Waals surface area contributed by atoms with Gasteiger partial charge in [0.1, 0.15) is 0 Å². The summed E-state index contributed by atoms with van der Waals surface area (Å²) in [6, 6.07) is 5.20. The zero-order valence-electron chi connectivity index (χ0n) is 13.8. The van der Waals surface area contributed by atoms with Gasteiger partial charge in [-0.05, 0) is 25.0 Å². The monoisotopic (exact) mass is 371 g/mol. The minimum Gasteiger partial charge on any atom is -0.336 e. The SMILES string of the molecule is CC(=O)N(CCNC(=O)NC1CCCCC1)c1cccc(Cl)c1Cl. The number of hydrogen-bond donors (Lipinski definition) is 2. The van der Waals surface area contributed by atoms with Crippen LogP contribution < -0.4 is 15.5 Å². The summed E-state index contributed by atoms with van der Waals surface area (Å²) < 4.78 is 0. The molecule has 0 aromatic heterocycles. The van der Waals surface area contributed by atoms with Gasteiger partial charge in [-0.3, -0.25) is 4.79 Å². The summed E-state index contributed by atoms with van der Waals surface area (Å²) in [5.41, 5.74) is 0.547. The summed E-state index contributed by atoms with van der Waals surface area (Å²) in [4.78, 5) is 25.4. The lowest BCUT2D eigenvalue weighted by Gasteiger charge is -2.25. The molecule has 1 aliphatic carbocycles. The molecule has 0 atom stereocenters. The van der Waals surface area contributed by atoms with E-state index in [0.717, 1.165) is 25.7 Å². The van der Waals surface area contributed by atoms with Crippen LogP contribution in [0.15, 0.2) is 18.2 Å². The van der Waals surface area contributed by atoms with Crippen LogP contribution in [0.4, 0.5) is 10.5 Å². The normalized spacial score (nSPS) is 15.0. The Bertz CT molecular complexity index is 589. The zero-order chi connectivity index (χ0) is 17.5. The van der Waals surface area contributed by atoms with Crippen LogP contribution in [-0.2, 0) is 4.79 Å². The van der Waals surface area contributed by atoms with Gasteiger partial charge in [-0.15, -0.1) is 0 Å². The average Bonchev–Trinajstić information content (AvgIpc) is 2.55. The molecule has 132 valence electrons. The summed E-state index contributed by atoms with van der Waals surface area (Å²) >= 11 is 12.2. The van der Waals surface area contributed by atoms with Crippen LogP contribution in [0.2, 0.25) is 10.0 Å². The molecule has 24 heavy (non-hydrogen) atoms. The Kier molecular flexibility index (Phi) is 7.18. The smallest absolute Gasteiger partial charge is 0.315 e. The van der Waals surface area contributed by atoms with Crippen LogP contribution in [0.3, 0.4) is 0 Å². The van der Waals surface area contributed by atoms with Gasteiger partial charge >= 0.3 is 6.03 Å². The molecule has 1 aromatic carbocycles. The van der Waals surface area contributed by atoms with E-state index in [4.69, 9.17) is 23.2 Å². The van der Waals surface area contributed by atoms with Crippen molar-refractivity contribution in [3.8, 4) is 0 Å². The summed E-state index contributed by atoms with van der Waals surface area (Å²) in [7, 11) is 0. The Labute approximate surface area is 152 Å². The molecule has 0 heterocycles. The van der Waals surface area contributed by atoms with Crippen LogP contribution in [0.25, 0.3) is 0 Å². The molecule has 3 amide bonds. The lowest BCUT2D eigenvalue weighted by Crippen LogP contribution is -2.45. The molecule has 2 N–H and O–H groups in total. The van der Waals surface area contributed by atoms with Crippen molar-refractivity contribution < 1.29 is 9.59 Å². The number of carbonyl (C=O) groups is 2. The molecule has 1 aliphatic rings. The Balaban J connectivity index is 1.86. The first-order valence-corrected chi connectivity index (χ1v) is 9.01. The average molecular weight is 372 g/mol. The van der Waals surface area contributed by atoms with E-state index in [2.05, 4.69) is 10.6 Å². The molecule has 0 radical (unpaired) electrons. The molecule has 0 spiro atoms. The van der Waals surface area contributed by atoms with E-state index < -0.39 is 0 Å². The van der Waals surface area contributed by atoms with Crippen LogP contribution in [0.5, 0.6) is 0 Å². The first kappa shape index (κ1) is 18.9. The number of amides is 3. The van der Waals surface area contributed by atoms with Crippen molar-refractivity contribution >= 4 is 40.8 Å². The molecule has 0 bridgehead atoms. The number of anilines is 1. The predicted molar refractivity (Wildman–Crippen MR) is 97.9 cm³/mol. The van der Waals surface area contributed by atoms with E-state index in [1.54, 1.807) is 18.2 Å². The van der Waals surface area contributed by atoms with Crippen LogP contribution in [0.1, 0.15) is 39.0 Å². The molecule has 1 saturated carbocycles. The summed E-state index contributed by atoms with van der Waals surface area (Å²) in [6.45, 7) is 2.12. The number of carbonyl (C=O) groups excluding carboxylic acids is 2. The van der Waals surface area contributed by atoms with Crippen molar-refractivity contribution in [3.63, 3.8) is 0 Å². The van der Waals surface area contributed by atoms with Crippen molar-refractivity contribution in [2.24, 2.45) is 0 Å². The lowest BCUT2D eigenvalue weighted by atomic mass is 9.96. The fraction of sp³-hybridized carbons (Fsp3) is 0.529. The molecule has 0 saturated heterocycles. The van der Waals surface area contributed by atoms with Gasteiger partial charge in [0, 0.05) is 26.1 Å². The van der Waals surface area contributed by atoms with Gasteiger partial charge in [0.25, 0.3) is 0 Å². The maximum absolute atomic E-state index is 11.9. The van der Waals surface area contributed by atoms with E-state index >= 15 is 0 Å².